The first kappa shape index (κ1) is 10.2. The lowest BCUT2D eigenvalue weighted by Gasteiger charge is -2.13. The topological polar surface area (TPSA) is 54.4 Å². The summed E-state index contributed by atoms with van der Waals surface area (Å²) >= 11 is 0. The molecule has 0 radical (unpaired) electrons. The predicted octanol–water partition coefficient (Wildman–Crippen LogP) is 1.86. The highest BCUT2D eigenvalue weighted by molar-refractivity contribution is 5.99. The summed E-state index contributed by atoms with van der Waals surface area (Å²) in [5, 5.41) is 8.78. The number of carboxylic acid groups (broad SMARTS) is 1. The lowest BCUT2D eigenvalue weighted by molar-refractivity contribution is -0.147. The van der Waals surface area contributed by atoms with Gasteiger partial charge in [-0.2, -0.15) is 0 Å². The normalized spacial score (nSPS) is 20.1. The van der Waals surface area contributed by atoms with E-state index < -0.39 is 11.9 Å². The molecule has 1 N–H and O–H groups in total. The second kappa shape index (κ2) is 4.40. The number of rotatable bonds is 4. The summed E-state index contributed by atoms with van der Waals surface area (Å²) in [7, 11) is 0. The Labute approximate surface area is 78.1 Å². The Hall–Kier alpha value is -0.860. The molecule has 0 amide bonds. The lowest BCUT2D eigenvalue weighted by atomic mass is 9.90. The van der Waals surface area contributed by atoms with Crippen molar-refractivity contribution < 1.29 is 14.7 Å². The summed E-state index contributed by atoms with van der Waals surface area (Å²) in [6.07, 6.45) is 4.36. The summed E-state index contributed by atoms with van der Waals surface area (Å²) < 4.78 is 0. The van der Waals surface area contributed by atoms with Crippen LogP contribution in [0.3, 0.4) is 0 Å². The SMILES string of the molecule is CCC(C(=O)O)C(=O)C1CCCC1. The van der Waals surface area contributed by atoms with Crippen molar-refractivity contribution in [1.29, 1.82) is 0 Å². The highest BCUT2D eigenvalue weighted by Crippen LogP contribution is 2.28. The van der Waals surface area contributed by atoms with Crippen LogP contribution in [-0.4, -0.2) is 16.9 Å². The maximum absolute atomic E-state index is 11.6. The standard InChI is InChI=1S/C10H16O3/c1-2-8(10(12)13)9(11)7-5-3-4-6-7/h7-8H,2-6H2,1H3,(H,12,13). The minimum atomic E-state index is -0.959. The fraction of sp³-hybridized carbons (Fsp3) is 0.800. The second-order valence-corrected chi connectivity index (χ2v) is 3.68. The van der Waals surface area contributed by atoms with Crippen molar-refractivity contribution in [1.82, 2.24) is 0 Å². The van der Waals surface area contributed by atoms with Crippen LogP contribution >= 0.6 is 0 Å². The number of carbonyl (C=O) groups excluding carboxylic acids is 1. The third kappa shape index (κ3) is 2.29. The summed E-state index contributed by atoms with van der Waals surface area (Å²) in [5.41, 5.74) is 0. The van der Waals surface area contributed by atoms with Gasteiger partial charge in [0.1, 0.15) is 11.7 Å². The van der Waals surface area contributed by atoms with Crippen LogP contribution in [0.2, 0.25) is 0 Å². The van der Waals surface area contributed by atoms with Crippen molar-refractivity contribution in [3.63, 3.8) is 0 Å². The first-order chi connectivity index (χ1) is 6.16. The van der Waals surface area contributed by atoms with Gasteiger partial charge in [-0.3, -0.25) is 9.59 Å². The smallest absolute Gasteiger partial charge is 0.314 e. The molecule has 1 fully saturated rings. The molecule has 74 valence electrons. The molecule has 3 nitrogen and oxygen atoms in total. The molecule has 1 saturated carbocycles. The molecular weight excluding hydrogens is 168 g/mol. The van der Waals surface area contributed by atoms with Crippen molar-refractivity contribution in [2.45, 2.75) is 39.0 Å². The van der Waals surface area contributed by atoms with Crippen LogP contribution in [0.1, 0.15) is 39.0 Å². The quantitative estimate of drug-likeness (QED) is 0.678. The van der Waals surface area contributed by atoms with Crippen LogP contribution in [-0.2, 0) is 9.59 Å². The zero-order valence-corrected chi connectivity index (χ0v) is 7.95. The fourth-order valence-corrected chi connectivity index (χ4v) is 1.99. The van der Waals surface area contributed by atoms with E-state index in [4.69, 9.17) is 5.11 Å². The highest BCUT2D eigenvalue weighted by atomic mass is 16.4. The summed E-state index contributed by atoms with van der Waals surface area (Å²) in [5.74, 6) is -1.74. The van der Waals surface area contributed by atoms with Gasteiger partial charge in [0.2, 0.25) is 0 Å². The van der Waals surface area contributed by atoms with Crippen LogP contribution in [0.15, 0.2) is 0 Å². The zero-order chi connectivity index (χ0) is 9.84. The van der Waals surface area contributed by atoms with Gasteiger partial charge in [0, 0.05) is 5.92 Å². The first-order valence-corrected chi connectivity index (χ1v) is 4.93. The summed E-state index contributed by atoms with van der Waals surface area (Å²) in [6, 6.07) is 0. The molecule has 1 atom stereocenters. The largest absolute Gasteiger partial charge is 0.481 e. The van der Waals surface area contributed by atoms with E-state index in [2.05, 4.69) is 0 Å². The number of hydrogen-bond donors (Lipinski definition) is 1. The minimum absolute atomic E-state index is 0.0287. The number of ketones is 1. The van der Waals surface area contributed by atoms with Crippen molar-refractivity contribution in [2.75, 3.05) is 0 Å². The fourth-order valence-electron chi connectivity index (χ4n) is 1.99. The maximum Gasteiger partial charge on any atom is 0.314 e. The summed E-state index contributed by atoms with van der Waals surface area (Å²) in [6.45, 7) is 1.76. The molecule has 0 saturated heterocycles. The van der Waals surface area contributed by atoms with E-state index in [0.29, 0.717) is 6.42 Å². The first-order valence-electron chi connectivity index (χ1n) is 4.93. The van der Waals surface area contributed by atoms with Gasteiger partial charge in [0.25, 0.3) is 0 Å². The van der Waals surface area contributed by atoms with Crippen LogP contribution in [0.25, 0.3) is 0 Å². The van der Waals surface area contributed by atoms with Gasteiger partial charge >= 0.3 is 5.97 Å². The highest BCUT2D eigenvalue weighted by Gasteiger charge is 2.32. The molecule has 0 heterocycles. The van der Waals surface area contributed by atoms with Gasteiger partial charge < -0.3 is 5.11 Å². The van der Waals surface area contributed by atoms with E-state index in [9.17, 15) is 9.59 Å². The lowest BCUT2D eigenvalue weighted by Crippen LogP contribution is -2.28. The molecule has 0 aromatic heterocycles. The molecule has 1 unspecified atom stereocenters. The number of carbonyl (C=O) groups is 2. The van der Waals surface area contributed by atoms with Crippen LogP contribution in [0.4, 0.5) is 0 Å². The van der Waals surface area contributed by atoms with Crippen molar-refractivity contribution >= 4 is 11.8 Å². The molecule has 3 heteroatoms. The van der Waals surface area contributed by atoms with E-state index in [-0.39, 0.29) is 11.7 Å². The van der Waals surface area contributed by atoms with Gasteiger partial charge in [0.05, 0.1) is 0 Å². The average molecular weight is 184 g/mol. The Morgan fingerprint density at radius 1 is 1.38 bits per heavy atom. The van der Waals surface area contributed by atoms with E-state index in [0.717, 1.165) is 25.7 Å². The van der Waals surface area contributed by atoms with Gasteiger partial charge in [-0.25, -0.2) is 0 Å². The van der Waals surface area contributed by atoms with Crippen LogP contribution in [0.5, 0.6) is 0 Å². The van der Waals surface area contributed by atoms with Gasteiger partial charge in [-0.05, 0) is 19.3 Å². The molecule has 13 heavy (non-hydrogen) atoms. The van der Waals surface area contributed by atoms with Crippen molar-refractivity contribution in [3.05, 3.63) is 0 Å². The average Bonchev–Trinajstić information content (AvgIpc) is 2.56. The number of carboxylic acids is 1. The third-order valence-corrected chi connectivity index (χ3v) is 2.81. The van der Waals surface area contributed by atoms with E-state index in [1.165, 1.54) is 0 Å². The second-order valence-electron chi connectivity index (χ2n) is 3.68. The van der Waals surface area contributed by atoms with Crippen molar-refractivity contribution in [2.24, 2.45) is 11.8 Å². The molecule has 0 bridgehead atoms. The van der Waals surface area contributed by atoms with Crippen LogP contribution < -0.4 is 0 Å². The molecule has 0 spiro atoms. The van der Waals surface area contributed by atoms with Gasteiger partial charge in [0.15, 0.2) is 0 Å². The van der Waals surface area contributed by atoms with Crippen molar-refractivity contribution in [3.8, 4) is 0 Å². The van der Waals surface area contributed by atoms with E-state index in [1.807, 2.05) is 0 Å². The maximum atomic E-state index is 11.6. The number of aliphatic carboxylic acids is 1. The molecule has 0 aromatic rings. The molecule has 1 aliphatic carbocycles. The number of Topliss-reactive ketones (excluding diaryl/α,β-unsaturated/α-hetero) is 1. The Bertz CT molecular complexity index is 204. The monoisotopic (exact) mass is 184 g/mol. The Morgan fingerprint density at radius 3 is 2.31 bits per heavy atom. The van der Waals surface area contributed by atoms with Gasteiger partial charge in [-0.15, -0.1) is 0 Å². The molecule has 0 aromatic carbocycles. The molecular formula is C10H16O3. The number of hydrogen-bond acceptors (Lipinski definition) is 2. The molecule has 1 aliphatic rings. The minimum Gasteiger partial charge on any atom is -0.481 e. The molecule has 1 rings (SSSR count). The van der Waals surface area contributed by atoms with E-state index >= 15 is 0 Å². The van der Waals surface area contributed by atoms with Gasteiger partial charge in [-0.1, -0.05) is 19.8 Å². The predicted molar refractivity (Wildman–Crippen MR) is 48.4 cm³/mol. The Balaban J connectivity index is 2.57. The summed E-state index contributed by atoms with van der Waals surface area (Å²) in [4.78, 5) is 22.3. The van der Waals surface area contributed by atoms with Crippen LogP contribution in [0, 0.1) is 11.8 Å². The Morgan fingerprint density at radius 2 is 1.92 bits per heavy atom. The zero-order valence-electron chi connectivity index (χ0n) is 7.95. The third-order valence-electron chi connectivity index (χ3n) is 2.81. The Kier molecular flexibility index (Phi) is 3.46. The van der Waals surface area contributed by atoms with E-state index in [1.54, 1.807) is 6.92 Å². The molecule has 0 aliphatic heterocycles.